The maximum absolute atomic E-state index is 5.88. The van der Waals surface area contributed by atoms with Crippen LogP contribution in [-0.2, 0) is 11.2 Å². The average molecular weight is 248 g/mol. The molecule has 0 radical (unpaired) electrons. The second kappa shape index (κ2) is 7.97. The van der Waals surface area contributed by atoms with Gasteiger partial charge in [-0.3, -0.25) is 0 Å². The molecule has 0 aliphatic carbocycles. The van der Waals surface area contributed by atoms with Crippen LogP contribution in [0.25, 0.3) is 0 Å². The van der Waals surface area contributed by atoms with Gasteiger partial charge in [0.1, 0.15) is 0 Å². The van der Waals surface area contributed by atoms with Crippen molar-refractivity contribution < 1.29 is 4.74 Å². The Morgan fingerprint density at radius 2 is 1.94 bits per heavy atom. The molecular weight excluding hydrogens is 220 g/mol. The normalized spacial score (nSPS) is 12.8. The standard InChI is InChI=1S/C16H24O.CH4/c1-6-16(7-2)17-14(5)11-15-9-8-12(3)13(4)10-15;/h6,8-10,14H,7,11H2,1-5H3;1H4/b16-6+;. The third-order valence-electron chi connectivity index (χ3n) is 3.12. The van der Waals surface area contributed by atoms with Gasteiger partial charge < -0.3 is 4.74 Å². The van der Waals surface area contributed by atoms with Gasteiger partial charge in [0.05, 0.1) is 11.9 Å². The van der Waals surface area contributed by atoms with Crippen molar-refractivity contribution in [3.05, 3.63) is 46.7 Å². The van der Waals surface area contributed by atoms with Gasteiger partial charge in [-0.05, 0) is 50.5 Å². The first-order valence-corrected chi connectivity index (χ1v) is 6.44. The predicted octanol–water partition coefficient (Wildman–Crippen LogP) is 5.20. The van der Waals surface area contributed by atoms with Crippen LogP contribution in [0.3, 0.4) is 0 Å². The van der Waals surface area contributed by atoms with Gasteiger partial charge in [-0.2, -0.15) is 0 Å². The topological polar surface area (TPSA) is 9.23 Å². The van der Waals surface area contributed by atoms with Crippen molar-refractivity contribution in [3.63, 3.8) is 0 Å². The molecule has 18 heavy (non-hydrogen) atoms. The summed E-state index contributed by atoms with van der Waals surface area (Å²) in [6, 6.07) is 6.65. The minimum absolute atomic E-state index is 0. The minimum Gasteiger partial charge on any atom is -0.495 e. The van der Waals surface area contributed by atoms with Crippen LogP contribution < -0.4 is 0 Å². The summed E-state index contributed by atoms with van der Waals surface area (Å²) < 4.78 is 5.88. The number of hydrogen-bond donors (Lipinski definition) is 0. The third-order valence-corrected chi connectivity index (χ3v) is 3.12. The minimum atomic E-state index is 0. The van der Waals surface area contributed by atoms with E-state index in [1.54, 1.807) is 0 Å². The van der Waals surface area contributed by atoms with Crippen LogP contribution in [-0.4, -0.2) is 6.10 Å². The van der Waals surface area contributed by atoms with Crippen molar-refractivity contribution in [1.29, 1.82) is 0 Å². The van der Waals surface area contributed by atoms with Crippen molar-refractivity contribution in [1.82, 2.24) is 0 Å². The largest absolute Gasteiger partial charge is 0.495 e. The lowest BCUT2D eigenvalue weighted by atomic mass is 10.0. The number of allylic oxidation sites excluding steroid dienone is 2. The molecule has 102 valence electrons. The Hall–Kier alpha value is -1.24. The zero-order chi connectivity index (χ0) is 12.8. The van der Waals surface area contributed by atoms with Gasteiger partial charge in [-0.25, -0.2) is 0 Å². The van der Waals surface area contributed by atoms with Crippen LogP contribution in [0.4, 0.5) is 0 Å². The molecule has 0 aliphatic heterocycles. The molecule has 0 N–H and O–H groups in total. The van der Waals surface area contributed by atoms with Gasteiger partial charge in [0.25, 0.3) is 0 Å². The quantitative estimate of drug-likeness (QED) is 0.651. The van der Waals surface area contributed by atoms with Crippen molar-refractivity contribution in [2.45, 2.75) is 61.0 Å². The molecule has 1 aromatic rings. The Morgan fingerprint density at radius 1 is 1.28 bits per heavy atom. The van der Waals surface area contributed by atoms with Crippen molar-refractivity contribution in [3.8, 4) is 0 Å². The van der Waals surface area contributed by atoms with Crippen molar-refractivity contribution in [2.75, 3.05) is 0 Å². The van der Waals surface area contributed by atoms with E-state index < -0.39 is 0 Å². The molecule has 0 aromatic heterocycles. The molecule has 0 spiro atoms. The fourth-order valence-corrected chi connectivity index (χ4v) is 1.92. The van der Waals surface area contributed by atoms with Crippen LogP contribution in [0.15, 0.2) is 30.0 Å². The molecule has 1 rings (SSSR count). The fourth-order valence-electron chi connectivity index (χ4n) is 1.92. The van der Waals surface area contributed by atoms with E-state index in [9.17, 15) is 0 Å². The molecule has 1 heteroatoms. The first-order chi connectivity index (χ1) is 8.06. The lowest BCUT2D eigenvalue weighted by molar-refractivity contribution is 0.126. The lowest BCUT2D eigenvalue weighted by Gasteiger charge is -2.17. The number of ether oxygens (including phenoxy) is 1. The van der Waals surface area contributed by atoms with E-state index in [1.807, 2.05) is 6.92 Å². The highest BCUT2D eigenvalue weighted by Gasteiger charge is 2.06. The number of benzene rings is 1. The van der Waals surface area contributed by atoms with Gasteiger partial charge in [-0.1, -0.05) is 32.5 Å². The lowest BCUT2D eigenvalue weighted by Crippen LogP contribution is -2.11. The first kappa shape index (κ1) is 16.8. The molecule has 0 heterocycles. The zero-order valence-electron chi connectivity index (χ0n) is 11.7. The summed E-state index contributed by atoms with van der Waals surface area (Å²) in [7, 11) is 0. The number of aryl methyl sites for hydroxylation is 2. The molecule has 0 saturated carbocycles. The molecular formula is C17H28O. The highest BCUT2D eigenvalue weighted by atomic mass is 16.5. The van der Waals surface area contributed by atoms with E-state index in [1.165, 1.54) is 16.7 Å². The SMILES string of the molecule is C.C/C=C(\CC)OC(C)Cc1ccc(C)c(C)c1. The Morgan fingerprint density at radius 3 is 2.44 bits per heavy atom. The summed E-state index contributed by atoms with van der Waals surface area (Å²) in [5.41, 5.74) is 4.06. The van der Waals surface area contributed by atoms with Gasteiger partial charge in [0.15, 0.2) is 0 Å². The molecule has 0 saturated heterocycles. The second-order valence-corrected chi connectivity index (χ2v) is 4.66. The molecule has 0 bridgehead atoms. The maximum Gasteiger partial charge on any atom is 0.0994 e. The van der Waals surface area contributed by atoms with Gasteiger partial charge in [0.2, 0.25) is 0 Å². The van der Waals surface area contributed by atoms with Gasteiger partial charge >= 0.3 is 0 Å². The predicted molar refractivity (Wildman–Crippen MR) is 80.9 cm³/mol. The van der Waals surface area contributed by atoms with Crippen molar-refractivity contribution in [2.24, 2.45) is 0 Å². The van der Waals surface area contributed by atoms with E-state index in [4.69, 9.17) is 4.74 Å². The summed E-state index contributed by atoms with van der Waals surface area (Å²) in [4.78, 5) is 0. The van der Waals surface area contributed by atoms with Crippen LogP contribution in [0, 0.1) is 13.8 Å². The number of rotatable bonds is 5. The second-order valence-electron chi connectivity index (χ2n) is 4.66. The zero-order valence-corrected chi connectivity index (χ0v) is 11.7. The van der Waals surface area contributed by atoms with Crippen LogP contribution >= 0.6 is 0 Å². The Bertz CT molecular complexity index is 391. The van der Waals surface area contributed by atoms with E-state index >= 15 is 0 Å². The smallest absolute Gasteiger partial charge is 0.0994 e. The van der Waals surface area contributed by atoms with E-state index in [0.717, 1.165) is 18.6 Å². The van der Waals surface area contributed by atoms with Crippen LogP contribution in [0.5, 0.6) is 0 Å². The Labute approximate surface area is 113 Å². The Kier molecular flexibility index (Phi) is 7.42. The van der Waals surface area contributed by atoms with Crippen molar-refractivity contribution >= 4 is 0 Å². The van der Waals surface area contributed by atoms with Gasteiger partial charge in [0, 0.05) is 12.8 Å². The van der Waals surface area contributed by atoms with Crippen LogP contribution in [0.1, 0.15) is 51.3 Å². The highest BCUT2D eigenvalue weighted by molar-refractivity contribution is 5.30. The van der Waals surface area contributed by atoms with E-state index in [-0.39, 0.29) is 13.5 Å². The molecule has 0 aliphatic rings. The summed E-state index contributed by atoms with van der Waals surface area (Å²) in [6.07, 6.45) is 4.23. The molecule has 1 nitrogen and oxygen atoms in total. The fraction of sp³-hybridized carbons (Fsp3) is 0.529. The molecule has 1 aromatic carbocycles. The first-order valence-electron chi connectivity index (χ1n) is 6.44. The van der Waals surface area contributed by atoms with Gasteiger partial charge in [-0.15, -0.1) is 0 Å². The van der Waals surface area contributed by atoms with E-state index in [0.29, 0.717) is 0 Å². The monoisotopic (exact) mass is 248 g/mol. The van der Waals surface area contributed by atoms with E-state index in [2.05, 4.69) is 52.0 Å². The maximum atomic E-state index is 5.88. The molecule has 0 fully saturated rings. The summed E-state index contributed by atoms with van der Waals surface area (Å²) in [5.74, 6) is 1.08. The van der Waals surface area contributed by atoms with Crippen LogP contribution in [0.2, 0.25) is 0 Å². The molecule has 1 unspecified atom stereocenters. The summed E-state index contributed by atoms with van der Waals surface area (Å²) in [6.45, 7) is 10.6. The Balaban J connectivity index is 0.00000289. The average Bonchev–Trinajstić information content (AvgIpc) is 2.31. The number of hydrogen-bond acceptors (Lipinski definition) is 1. The molecule has 1 atom stereocenters. The summed E-state index contributed by atoms with van der Waals surface area (Å²) >= 11 is 0. The highest BCUT2D eigenvalue weighted by Crippen LogP contribution is 2.15. The summed E-state index contributed by atoms with van der Waals surface area (Å²) in [5, 5.41) is 0. The molecule has 0 amide bonds. The third kappa shape index (κ3) is 4.95.